The fourth-order valence-electron chi connectivity index (χ4n) is 3.49. The van der Waals surface area contributed by atoms with Crippen molar-refractivity contribution in [3.63, 3.8) is 0 Å². The molecule has 0 saturated heterocycles. The Balaban J connectivity index is 1.70. The molecule has 2 saturated carbocycles. The highest BCUT2D eigenvalue weighted by molar-refractivity contribution is 7.86. The molecule has 2 aliphatic rings. The molecule has 0 radical (unpaired) electrons. The predicted octanol–water partition coefficient (Wildman–Crippen LogP) is 3.28. The van der Waals surface area contributed by atoms with Gasteiger partial charge in [-0.15, -0.1) is 0 Å². The normalized spacial score (nSPS) is 29.8. The topological polar surface area (TPSA) is 43.4 Å². The average molecular weight is 280 g/mol. The summed E-state index contributed by atoms with van der Waals surface area (Å²) in [5.74, 6) is 0.811. The summed E-state index contributed by atoms with van der Waals surface area (Å²) < 4.78 is 29.6. The molecule has 3 nitrogen and oxygen atoms in total. The molecule has 0 unspecified atom stereocenters. The van der Waals surface area contributed by atoms with Gasteiger partial charge in [-0.05, 0) is 62.5 Å². The lowest BCUT2D eigenvalue weighted by Crippen LogP contribution is -2.23. The summed E-state index contributed by atoms with van der Waals surface area (Å²) in [7, 11) is -3.59. The molecule has 0 aliphatic heterocycles. The first kappa shape index (κ1) is 13.1. The largest absolute Gasteiger partial charge is 0.296 e. The smallest absolute Gasteiger partial charge is 0.266 e. The van der Waals surface area contributed by atoms with Crippen LogP contribution >= 0.6 is 0 Å². The predicted molar refractivity (Wildman–Crippen MR) is 73.3 cm³/mol. The minimum atomic E-state index is -3.59. The molecule has 19 heavy (non-hydrogen) atoms. The molecule has 3 rings (SSSR count). The van der Waals surface area contributed by atoms with Gasteiger partial charge in [0.1, 0.15) is 0 Å². The molecule has 0 amide bonds. The van der Waals surface area contributed by atoms with Crippen molar-refractivity contribution >= 4 is 10.1 Å². The molecule has 1 aromatic rings. The van der Waals surface area contributed by atoms with E-state index in [4.69, 9.17) is 4.18 Å². The minimum Gasteiger partial charge on any atom is -0.266 e. The zero-order chi connectivity index (χ0) is 13.5. The quantitative estimate of drug-likeness (QED) is 0.795. The highest BCUT2D eigenvalue weighted by atomic mass is 32.2. The summed E-state index contributed by atoms with van der Waals surface area (Å²) in [5, 5.41) is 0. The molecular formula is C15H20O3S. The van der Waals surface area contributed by atoms with E-state index in [0.29, 0.717) is 6.61 Å². The van der Waals surface area contributed by atoms with Gasteiger partial charge in [0.15, 0.2) is 0 Å². The summed E-state index contributed by atoms with van der Waals surface area (Å²) >= 11 is 0. The number of fused-ring (bicyclic) bond motifs is 2. The average Bonchev–Trinajstić information content (AvgIpc) is 2.98. The molecule has 2 fully saturated rings. The van der Waals surface area contributed by atoms with Crippen molar-refractivity contribution in [1.82, 2.24) is 0 Å². The van der Waals surface area contributed by atoms with Gasteiger partial charge in [0.2, 0.25) is 0 Å². The van der Waals surface area contributed by atoms with Crippen LogP contribution in [0, 0.1) is 18.3 Å². The van der Waals surface area contributed by atoms with E-state index in [1.165, 1.54) is 12.8 Å². The highest BCUT2D eigenvalue weighted by Crippen LogP contribution is 2.54. The van der Waals surface area contributed by atoms with E-state index in [9.17, 15) is 8.42 Å². The Hall–Kier alpha value is -0.870. The maximum atomic E-state index is 12.1. The Kier molecular flexibility index (Phi) is 3.18. The van der Waals surface area contributed by atoms with E-state index in [1.807, 2.05) is 6.92 Å². The van der Waals surface area contributed by atoms with Crippen LogP contribution in [0.3, 0.4) is 0 Å². The number of rotatable bonds is 4. The van der Waals surface area contributed by atoms with Gasteiger partial charge >= 0.3 is 0 Å². The standard InChI is InChI=1S/C15H20O3S/c1-12-2-4-14(5-3-12)19(16,17)18-11-15-8-6-13(10-15)7-9-15/h2-5,13H,6-11H2,1H3. The summed E-state index contributed by atoms with van der Waals surface area (Å²) in [5.41, 5.74) is 1.19. The molecule has 0 aromatic heterocycles. The summed E-state index contributed by atoms with van der Waals surface area (Å²) in [6.45, 7) is 2.30. The lowest BCUT2D eigenvalue weighted by molar-refractivity contribution is 0.157. The molecule has 0 heterocycles. The summed E-state index contributed by atoms with van der Waals surface area (Å²) in [6, 6.07) is 6.84. The highest BCUT2D eigenvalue weighted by Gasteiger charge is 2.45. The van der Waals surface area contributed by atoms with Gasteiger partial charge in [0.05, 0.1) is 11.5 Å². The Bertz CT molecular complexity index is 552. The third-order valence-corrected chi connectivity index (χ3v) is 6.00. The molecule has 2 aliphatic carbocycles. The van der Waals surface area contributed by atoms with Crippen molar-refractivity contribution < 1.29 is 12.6 Å². The van der Waals surface area contributed by atoms with Crippen molar-refractivity contribution in [3.8, 4) is 0 Å². The Labute approximate surface area is 115 Å². The maximum Gasteiger partial charge on any atom is 0.296 e. The second kappa shape index (κ2) is 4.60. The molecule has 4 heteroatoms. The fourth-order valence-corrected chi connectivity index (χ4v) is 4.50. The van der Waals surface area contributed by atoms with Gasteiger partial charge in [0, 0.05) is 0 Å². The first-order valence-electron chi connectivity index (χ1n) is 6.95. The Morgan fingerprint density at radius 3 is 2.37 bits per heavy atom. The second-order valence-electron chi connectivity index (χ2n) is 6.18. The van der Waals surface area contributed by atoms with E-state index < -0.39 is 10.1 Å². The zero-order valence-corrected chi connectivity index (χ0v) is 12.1. The van der Waals surface area contributed by atoms with Crippen LogP contribution in [-0.2, 0) is 14.3 Å². The number of hydrogen-bond acceptors (Lipinski definition) is 3. The third-order valence-electron chi connectivity index (χ3n) is 4.72. The van der Waals surface area contributed by atoms with Crippen LogP contribution in [0.25, 0.3) is 0 Å². The monoisotopic (exact) mass is 280 g/mol. The molecule has 1 aromatic carbocycles. The van der Waals surface area contributed by atoms with Gasteiger partial charge in [-0.1, -0.05) is 17.7 Å². The molecule has 0 spiro atoms. The van der Waals surface area contributed by atoms with Crippen LogP contribution in [0.15, 0.2) is 29.2 Å². The van der Waals surface area contributed by atoms with Crippen molar-refractivity contribution in [2.75, 3.05) is 6.61 Å². The van der Waals surface area contributed by atoms with Crippen molar-refractivity contribution in [3.05, 3.63) is 29.8 Å². The Morgan fingerprint density at radius 2 is 1.84 bits per heavy atom. The van der Waals surface area contributed by atoms with E-state index in [-0.39, 0.29) is 10.3 Å². The van der Waals surface area contributed by atoms with E-state index in [0.717, 1.165) is 30.7 Å². The van der Waals surface area contributed by atoms with Crippen molar-refractivity contribution in [1.29, 1.82) is 0 Å². The fraction of sp³-hybridized carbons (Fsp3) is 0.600. The lowest BCUT2D eigenvalue weighted by Gasteiger charge is -2.25. The minimum absolute atomic E-state index is 0.141. The van der Waals surface area contributed by atoms with E-state index in [1.54, 1.807) is 24.3 Å². The van der Waals surface area contributed by atoms with Gasteiger partial charge < -0.3 is 0 Å². The maximum absolute atomic E-state index is 12.1. The van der Waals surface area contributed by atoms with E-state index >= 15 is 0 Å². The summed E-state index contributed by atoms with van der Waals surface area (Å²) in [4.78, 5) is 0.266. The van der Waals surface area contributed by atoms with Crippen LogP contribution in [0.1, 0.15) is 37.7 Å². The molecule has 0 atom stereocenters. The Morgan fingerprint density at radius 1 is 1.21 bits per heavy atom. The van der Waals surface area contributed by atoms with Gasteiger partial charge in [-0.25, -0.2) is 0 Å². The number of benzene rings is 1. The van der Waals surface area contributed by atoms with Crippen LogP contribution in [0.4, 0.5) is 0 Å². The first-order valence-corrected chi connectivity index (χ1v) is 8.36. The second-order valence-corrected chi connectivity index (χ2v) is 7.79. The van der Waals surface area contributed by atoms with Crippen molar-refractivity contribution in [2.24, 2.45) is 11.3 Å². The van der Waals surface area contributed by atoms with Crippen LogP contribution < -0.4 is 0 Å². The van der Waals surface area contributed by atoms with Crippen molar-refractivity contribution in [2.45, 2.75) is 43.9 Å². The number of aryl methyl sites for hydroxylation is 1. The van der Waals surface area contributed by atoms with E-state index in [2.05, 4.69) is 0 Å². The zero-order valence-electron chi connectivity index (χ0n) is 11.3. The van der Waals surface area contributed by atoms with Gasteiger partial charge in [0.25, 0.3) is 10.1 Å². The number of hydrogen-bond donors (Lipinski definition) is 0. The molecule has 104 valence electrons. The molecule has 0 N–H and O–H groups in total. The van der Waals surface area contributed by atoms with Gasteiger partial charge in [-0.2, -0.15) is 8.42 Å². The van der Waals surface area contributed by atoms with Crippen LogP contribution in [-0.4, -0.2) is 15.0 Å². The lowest BCUT2D eigenvalue weighted by atomic mass is 9.85. The SMILES string of the molecule is Cc1ccc(S(=O)(=O)OCC23CCC(CC2)C3)cc1. The molecular weight excluding hydrogens is 260 g/mol. The summed E-state index contributed by atoms with van der Waals surface area (Å²) in [6.07, 6.45) is 5.89. The van der Waals surface area contributed by atoms with Gasteiger partial charge in [-0.3, -0.25) is 4.18 Å². The van der Waals surface area contributed by atoms with Crippen LogP contribution in [0.5, 0.6) is 0 Å². The van der Waals surface area contributed by atoms with Crippen LogP contribution in [0.2, 0.25) is 0 Å². The molecule has 2 bridgehead atoms. The third kappa shape index (κ3) is 2.56. The first-order chi connectivity index (χ1) is 8.99.